The zero-order valence-electron chi connectivity index (χ0n) is 15.7. The molecule has 0 aliphatic rings. The van der Waals surface area contributed by atoms with Gasteiger partial charge < -0.3 is 20.1 Å². The zero-order valence-corrected chi connectivity index (χ0v) is 15.7. The molecule has 2 amide bonds. The summed E-state index contributed by atoms with van der Waals surface area (Å²) in [7, 11) is 0. The third kappa shape index (κ3) is 8.98. The van der Waals surface area contributed by atoms with E-state index in [0.717, 1.165) is 5.75 Å². The number of esters is 1. The summed E-state index contributed by atoms with van der Waals surface area (Å²) in [6, 6.07) is 7.79. The van der Waals surface area contributed by atoms with Crippen molar-refractivity contribution in [1.29, 1.82) is 0 Å². The van der Waals surface area contributed by atoms with Gasteiger partial charge in [-0.05, 0) is 36.5 Å². The molecular weight excluding hydrogens is 320 g/mol. The summed E-state index contributed by atoms with van der Waals surface area (Å²) in [6.45, 7) is 9.92. The number of hydrogen-bond donors (Lipinski definition) is 2. The van der Waals surface area contributed by atoms with Gasteiger partial charge in [0.15, 0.2) is 0 Å². The van der Waals surface area contributed by atoms with Crippen molar-refractivity contribution < 1.29 is 19.1 Å². The monoisotopic (exact) mass is 350 g/mol. The van der Waals surface area contributed by atoms with Crippen LogP contribution in [0.1, 0.15) is 46.1 Å². The highest BCUT2D eigenvalue weighted by atomic mass is 16.5. The van der Waals surface area contributed by atoms with Gasteiger partial charge in [0, 0.05) is 13.1 Å². The summed E-state index contributed by atoms with van der Waals surface area (Å²) < 4.78 is 10.4. The summed E-state index contributed by atoms with van der Waals surface area (Å²) in [4.78, 5) is 22.7. The Morgan fingerprint density at radius 2 is 1.68 bits per heavy atom. The molecule has 0 unspecified atom stereocenters. The highest BCUT2D eigenvalue weighted by Gasteiger charge is 2.12. The molecule has 6 heteroatoms. The minimum Gasteiger partial charge on any atom is -0.494 e. The van der Waals surface area contributed by atoms with E-state index in [9.17, 15) is 9.59 Å². The fourth-order valence-corrected chi connectivity index (χ4v) is 2.09. The van der Waals surface area contributed by atoms with Gasteiger partial charge in [-0.1, -0.05) is 32.9 Å². The molecule has 0 aromatic heterocycles. The van der Waals surface area contributed by atoms with Crippen LogP contribution in [-0.2, 0) is 14.9 Å². The molecule has 1 aromatic carbocycles. The number of rotatable bonds is 9. The van der Waals surface area contributed by atoms with Crippen molar-refractivity contribution in [3.8, 4) is 5.75 Å². The lowest BCUT2D eigenvalue weighted by Gasteiger charge is -2.19. The Hall–Kier alpha value is -2.24. The summed E-state index contributed by atoms with van der Waals surface area (Å²) in [5.74, 6) is 0.514. The van der Waals surface area contributed by atoms with Crippen LogP contribution >= 0.6 is 0 Å². The molecule has 6 nitrogen and oxygen atoms in total. The number of ether oxygens (including phenoxy) is 2. The maximum Gasteiger partial charge on any atom is 0.314 e. The molecule has 1 aromatic rings. The predicted octanol–water partition coefficient (Wildman–Crippen LogP) is 3.01. The zero-order chi connectivity index (χ0) is 18.7. The summed E-state index contributed by atoms with van der Waals surface area (Å²) >= 11 is 0. The standard InChI is InChI=1S/C19H30N2O4/c1-5-24-17(22)11-13-21-18(23)20-12-6-14-25-16-9-7-15(8-10-16)19(2,3)4/h7-10H,5-6,11-14H2,1-4H3,(H2,20,21,23). The molecule has 0 spiro atoms. The Morgan fingerprint density at radius 1 is 1.04 bits per heavy atom. The van der Waals surface area contributed by atoms with Crippen LogP contribution in [0.3, 0.4) is 0 Å². The Bertz CT molecular complexity index is 535. The fraction of sp³-hybridized carbons (Fsp3) is 0.579. The van der Waals surface area contributed by atoms with E-state index in [4.69, 9.17) is 9.47 Å². The maximum absolute atomic E-state index is 11.5. The van der Waals surface area contributed by atoms with Crippen LogP contribution < -0.4 is 15.4 Å². The highest BCUT2D eigenvalue weighted by molar-refractivity contribution is 5.75. The first-order chi connectivity index (χ1) is 11.8. The van der Waals surface area contributed by atoms with Crippen LogP contribution in [0.2, 0.25) is 0 Å². The van der Waals surface area contributed by atoms with Gasteiger partial charge in [-0.15, -0.1) is 0 Å². The largest absolute Gasteiger partial charge is 0.494 e. The molecule has 0 heterocycles. The van der Waals surface area contributed by atoms with E-state index in [-0.39, 0.29) is 30.4 Å². The Kier molecular flexibility index (Phi) is 8.81. The van der Waals surface area contributed by atoms with Crippen molar-refractivity contribution >= 4 is 12.0 Å². The SMILES string of the molecule is CCOC(=O)CCNC(=O)NCCCOc1ccc(C(C)(C)C)cc1. The van der Waals surface area contributed by atoms with Gasteiger partial charge >= 0.3 is 12.0 Å². The summed E-state index contributed by atoms with van der Waals surface area (Å²) in [5.41, 5.74) is 1.39. The molecule has 2 N–H and O–H groups in total. The second kappa shape index (κ2) is 10.6. The maximum atomic E-state index is 11.5. The lowest BCUT2D eigenvalue weighted by molar-refractivity contribution is -0.142. The summed E-state index contributed by atoms with van der Waals surface area (Å²) in [5, 5.41) is 5.33. The van der Waals surface area contributed by atoms with Gasteiger partial charge in [0.1, 0.15) is 5.75 Å². The molecule has 140 valence electrons. The molecule has 0 bridgehead atoms. The third-order valence-electron chi connectivity index (χ3n) is 3.52. The lowest BCUT2D eigenvalue weighted by atomic mass is 9.87. The van der Waals surface area contributed by atoms with Gasteiger partial charge in [-0.25, -0.2) is 4.79 Å². The first kappa shape index (κ1) is 20.8. The van der Waals surface area contributed by atoms with Crippen molar-refractivity contribution in [3.63, 3.8) is 0 Å². The number of benzene rings is 1. The molecule has 0 radical (unpaired) electrons. The minimum absolute atomic E-state index is 0.128. The number of carbonyl (C=O) groups excluding carboxylic acids is 2. The number of amides is 2. The average molecular weight is 350 g/mol. The van der Waals surface area contributed by atoms with Crippen LogP contribution in [0.5, 0.6) is 5.75 Å². The van der Waals surface area contributed by atoms with E-state index in [2.05, 4.69) is 43.5 Å². The fourth-order valence-electron chi connectivity index (χ4n) is 2.09. The molecule has 0 saturated heterocycles. The van der Waals surface area contributed by atoms with E-state index in [1.54, 1.807) is 6.92 Å². The molecular formula is C19H30N2O4. The smallest absolute Gasteiger partial charge is 0.314 e. The Balaban J connectivity index is 2.11. The van der Waals surface area contributed by atoms with Gasteiger partial charge in [-0.2, -0.15) is 0 Å². The average Bonchev–Trinajstić information content (AvgIpc) is 2.54. The van der Waals surface area contributed by atoms with Gasteiger partial charge in [0.05, 0.1) is 19.6 Å². The molecule has 0 saturated carbocycles. The molecule has 25 heavy (non-hydrogen) atoms. The third-order valence-corrected chi connectivity index (χ3v) is 3.52. The van der Waals surface area contributed by atoms with Gasteiger partial charge in [-0.3, -0.25) is 4.79 Å². The van der Waals surface area contributed by atoms with Crippen molar-refractivity contribution in [2.75, 3.05) is 26.3 Å². The van der Waals surface area contributed by atoms with E-state index < -0.39 is 0 Å². The first-order valence-electron chi connectivity index (χ1n) is 8.73. The topological polar surface area (TPSA) is 76.7 Å². The molecule has 0 aliphatic heterocycles. The highest BCUT2D eigenvalue weighted by Crippen LogP contribution is 2.24. The van der Waals surface area contributed by atoms with Crippen molar-refractivity contribution in [1.82, 2.24) is 10.6 Å². The minimum atomic E-state index is -0.311. The molecule has 0 atom stereocenters. The second-order valence-electron chi connectivity index (χ2n) is 6.71. The molecule has 1 rings (SSSR count). The Labute approximate surface area is 150 Å². The molecule has 0 fully saturated rings. The van der Waals surface area contributed by atoms with E-state index in [0.29, 0.717) is 26.2 Å². The van der Waals surface area contributed by atoms with E-state index in [1.807, 2.05) is 12.1 Å². The lowest BCUT2D eigenvalue weighted by Crippen LogP contribution is -2.37. The van der Waals surface area contributed by atoms with Crippen molar-refractivity contribution in [2.24, 2.45) is 0 Å². The van der Waals surface area contributed by atoms with Crippen LogP contribution in [0.4, 0.5) is 4.79 Å². The van der Waals surface area contributed by atoms with Crippen LogP contribution in [0.25, 0.3) is 0 Å². The Morgan fingerprint density at radius 3 is 2.28 bits per heavy atom. The first-order valence-corrected chi connectivity index (χ1v) is 8.73. The number of hydrogen-bond acceptors (Lipinski definition) is 4. The van der Waals surface area contributed by atoms with Crippen LogP contribution in [-0.4, -0.2) is 38.3 Å². The normalized spacial score (nSPS) is 10.9. The van der Waals surface area contributed by atoms with Crippen molar-refractivity contribution in [2.45, 2.75) is 46.0 Å². The summed E-state index contributed by atoms with van der Waals surface area (Å²) in [6.07, 6.45) is 0.876. The quantitative estimate of drug-likeness (QED) is 0.530. The molecule has 0 aliphatic carbocycles. The van der Waals surface area contributed by atoms with Gasteiger partial charge in [0.2, 0.25) is 0 Å². The van der Waals surface area contributed by atoms with Crippen LogP contribution in [0.15, 0.2) is 24.3 Å². The van der Waals surface area contributed by atoms with E-state index >= 15 is 0 Å². The number of nitrogens with one attached hydrogen (secondary N) is 2. The van der Waals surface area contributed by atoms with Crippen LogP contribution in [0, 0.1) is 0 Å². The second-order valence-corrected chi connectivity index (χ2v) is 6.71. The van der Waals surface area contributed by atoms with Gasteiger partial charge in [0.25, 0.3) is 0 Å². The predicted molar refractivity (Wildman–Crippen MR) is 97.9 cm³/mol. The number of carbonyl (C=O) groups is 2. The number of urea groups is 1. The van der Waals surface area contributed by atoms with E-state index in [1.165, 1.54) is 5.56 Å². The van der Waals surface area contributed by atoms with Crippen molar-refractivity contribution in [3.05, 3.63) is 29.8 Å².